The SMILES string of the molecule is CC(=O)Cn1cc(B2OC(C)(C)C(C)(C)O2)cn1. The molecular weight excluding hydrogens is 231 g/mol. The fraction of sp³-hybridized carbons (Fsp3) is 0.667. The van der Waals surface area contributed by atoms with Gasteiger partial charge >= 0.3 is 7.12 Å². The highest BCUT2D eigenvalue weighted by Gasteiger charge is 2.52. The number of hydrogen-bond acceptors (Lipinski definition) is 4. The number of Topliss-reactive ketones (excluding diaryl/α,β-unsaturated/α-hetero) is 1. The second kappa shape index (κ2) is 4.21. The van der Waals surface area contributed by atoms with E-state index in [2.05, 4.69) is 5.10 Å². The topological polar surface area (TPSA) is 53.4 Å². The Hall–Kier alpha value is -1.14. The van der Waals surface area contributed by atoms with E-state index in [4.69, 9.17) is 9.31 Å². The van der Waals surface area contributed by atoms with Gasteiger partial charge in [0.05, 0.1) is 17.7 Å². The number of nitrogens with zero attached hydrogens (tertiary/aromatic N) is 2. The molecule has 1 aliphatic rings. The van der Waals surface area contributed by atoms with Gasteiger partial charge in [-0.15, -0.1) is 0 Å². The summed E-state index contributed by atoms with van der Waals surface area (Å²) in [5.41, 5.74) is 0.121. The Kier molecular flexibility index (Phi) is 3.11. The van der Waals surface area contributed by atoms with E-state index in [0.29, 0.717) is 0 Å². The molecule has 0 atom stereocenters. The number of aromatic nitrogens is 2. The van der Waals surface area contributed by atoms with E-state index in [0.717, 1.165) is 5.46 Å². The van der Waals surface area contributed by atoms with E-state index < -0.39 is 7.12 Å². The molecule has 1 aromatic heterocycles. The first-order valence-corrected chi connectivity index (χ1v) is 6.09. The molecule has 6 heteroatoms. The Labute approximate surface area is 108 Å². The van der Waals surface area contributed by atoms with Crippen LogP contribution >= 0.6 is 0 Å². The summed E-state index contributed by atoms with van der Waals surface area (Å²) < 4.78 is 13.4. The van der Waals surface area contributed by atoms with Crippen LogP contribution in [0.1, 0.15) is 34.6 Å². The molecule has 0 bridgehead atoms. The van der Waals surface area contributed by atoms with Crippen LogP contribution < -0.4 is 5.46 Å². The molecule has 2 rings (SSSR count). The lowest BCUT2D eigenvalue weighted by atomic mass is 9.82. The summed E-state index contributed by atoms with van der Waals surface area (Å²) >= 11 is 0. The van der Waals surface area contributed by atoms with Crippen LogP contribution in [0.4, 0.5) is 0 Å². The number of carbonyl (C=O) groups excluding carboxylic acids is 1. The zero-order chi connectivity index (χ0) is 13.6. The van der Waals surface area contributed by atoms with E-state index in [1.54, 1.807) is 17.1 Å². The highest BCUT2D eigenvalue weighted by atomic mass is 16.7. The fourth-order valence-corrected chi connectivity index (χ4v) is 1.80. The van der Waals surface area contributed by atoms with Gasteiger partial charge in [0.1, 0.15) is 0 Å². The minimum atomic E-state index is -0.421. The normalized spacial score (nSPS) is 21.3. The molecule has 0 aliphatic carbocycles. The molecule has 1 saturated heterocycles. The summed E-state index contributed by atoms with van der Waals surface area (Å²) in [7, 11) is -0.421. The lowest BCUT2D eigenvalue weighted by Gasteiger charge is -2.32. The standard InChI is InChI=1S/C12H19BN2O3/c1-9(16)7-15-8-10(6-14-15)13-17-11(2,3)12(4,5)18-13/h6,8H,7H2,1-5H3. The van der Waals surface area contributed by atoms with E-state index in [9.17, 15) is 4.79 Å². The van der Waals surface area contributed by atoms with Gasteiger partial charge in [-0.25, -0.2) is 0 Å². The summed E-state index contributed by atoms with van der Waals surface area (Å²) in [6.45, 7) is 9.84. The van der Waals surface area contributed by atoms with Gasteiger partial charge in [-0.2, -0.15) is 5.10 Å². The maximum absolute atomic E-state index is 11.0. The molecule has 2 heterocycles. The predicted molar refractivity (Wildman–Crippen MR) is 68.6 cm³/mol. The van der Waals surface area contributed by atoms with Gasteiger partial charge in [-0.3, -0.25) is 9.48 Å². The van der Waals surface area contributed by atoms with Gasteiger partial charge in [-0.1, -0.05) is 0 Å². The quantitative estimate of drug-likeness (QED) is 0.743. The van der Waals surface area contributed by atoms with Crippen molar-refractivity contribution >= 4 is 18.4 Å². The van der Waals surface area contributed by atoms with Crippen molar-refractivity contribution in [3.05, 3.63) is 12.4 Å². The van der Waals surface area contributed by atoms with Crippen molar-refractivity contribution in [1.29, 1.82) is 0 Å². The monoisotopic (exact) mass is 250 g/mol. The van der Waals surface area contributed by atoms with Crippen LogP contribution in [0.2, 0.25) is 0 Å². The van der Waals surface area contributed by atoms with Crippen LogP contribution in [0.3, 0.4) is 0 Å². The van der Waals surface area contributed by atoms with Gasteiger partial charge in [0.15, 0.2) is 5.78 Å². The summed E-state index contributed by atoms with van der Waals surface area (Å²) in [4.78, 5) is 11.0. The third-order valence-corrected chi connectivity index (χ3v) is 3.56. The first-order chi connectivity index (χ1) is 8.21. The van der Waals surface area contributed by atoms with Crippen molar-refractivity contribution in [2.45, 2.75) is 52.4 Å². The Balaban J connectivity index is 2.15. The van der Waals surface area contributed by atoms with Crippen molar-refractivity contribution < 1.29 is 14.1 Å². The largest absolute Gasteiger partial charge is 0.498 e. The molecule has 18 heavy (non-hydrogen) atoms. The average molecular weight is 250 g/mol. The lowest BCUT2D eigenvalue weighted by Crippen LogP contribution is -2.41. The molecule has 0 N–H and O–H groups in total. The van der Waals surface area contributed by atoms with Gasteiger partial charge in [0.2, 0.25) is 0 Å². The second-order valence-corrected chi connectivity index (χ2v) is 5.76. The van der Waals surface area contributed by atoms with Crippen LogP contribution in [0, 0.1) is 0 Å². The molecule has 1 fully saturated rings. The maximum atomic E-state index is 11.0. The molecule has 0 unspecified atom stereocenters. The summed E-state index contributed by atoms with van der Waals surface area (Å²) in [5, 5.41) is 4.13. The first-order valence-electron chi connectivity index (χ1n) is 6.09. The van der Waals surface area contributed by atoms with Crippen LogP contribution in [0.25, 0.3) is 0 Å². The zero-order valence-electron chi connectivity index (χ0n) is 11.6. The third kappa shape index (κ3) is 2.35. The fourth-order valence-electron chi connectivity index (χ4n) is 1.80. The van der Waals surface area contributed by atoms with Gasteiger partial charge in [-0.05, 0) is 34.6 Å². The molecule has 0 spiro atoms. The van der Waals surface area contributed by atoms with E-state index in [1.807, 2.05) is 27.7 Å². The Bertz CT molecular complexity index is 452. The summed E-state index contributed by atoms with van der Waals surface area (Å²) in [6.07, 6.45) is 3.48. The minimum absolute atomic E-state index is 0.0681. The second-order valence-electron chi connectivity index (χ2n) is 5.76. The van der Waals surface area contributed by atoms with Crippen LogP contribution in [-0.2, 0) is 20.6 Å². The molecule has 0 aromatic carbocycles. The number of carbonyl (C=O) groups is 1. The Morgan fingerprint density at radius 1 is 1.33 bits per heavy atom. The molecule has 5 nitrogen and oxygen atoms in total. The first kappa shape index (κ1) is 13.3. The van der Waals surface area contributed by atoms with Crippen molar-refractivity contribution in [2.24, 2.45) is 0 Å². The molecule has 0 amide bonds. The Morgan fingerprint density at radius 3 is 2.39 bits per heavy atom. The van der Waals surface area contributed by atoms with Crippen LogP contribution in [0.15, 0.2) is 12.4 Å². The highest BCUT2D eigenvalue weighted by molar-refractivity contribution is 6.62. The predicted octanol–water partition coefficient (Wildman–Crippen LogP) is 0.771. The van der Waals surface area contributed by atoms with Crippen molar-refractivity contribution in [3.8, 4) is 0 Å². The molecule has 98 valence electrons. The molecular formula is C12H19BN2O3. The van der Waals surface area contributed by atoms with Gasteiger partial charge < -0.3 is 9.31 Å². The maximum Gasteiger partial charge on any atom is 0.498 e. The number of rotatable bonds is 3. The molecule has 0 radical (unpaired) electrons. The summed E-state index contributed by atoms with van der Waals surface area (Å²) in [6, 6.07) is 0. The summed E-state index contributed by atoms with van der Waals surface area (Å²) in [5.74, 6) is 0.0681. The highest BCUT2D eigenvalue weighted by Crippen LogP contribution is 2.36. The molecule has 1 aliphatic heterocycles. The molecule has 1 aromatic rings. The number of ketones is 1. The Morgan fingerprint density at radius 2 is 1.89 bits per heavy atom. The van der Waals surface area contributed by atoms with E-state index in [1.165, 1.54) is 6.92 Å². The van der Waals surface area contributed by atoms with Crippen molar-refractivity contribution in [3.63, 3.8) is 0 Å². The number of hydrogen-bond donors (Lipinski definition) is 0. The van der Waals surface area contributed by atoms with E-state index in [-0.39, 0.29) is 23.5 Å². The molecule has 0 saturated carbocycles. The van der Waals surface area contributed by atoms with Crippen LogP contribution in [-0.4, -0.2) is 33.9 Å². The van der Waals surface area contributed by atoms with Crippen LogP contribution in [0.5, 0.6) is 0 Å². The van der Waals surface area contributed by atoms with Gasteiger partial charge in [0, 0.05) is 17.9 Å². The van der Waals surface area contributed by atoms with Gasteiger partial charge in [0.25, 0.3) is 0 Å². The third-order valence-electron chi connectivity index (χ3n) is 3.56. The lowest BCUT2D eigenvalue weighted by molar-refractivity contribution is -0.117. The smallest absolute Gasteiger partial charge is 0.399 e. The zero-order valence-corrected chi connectivity index (χ0v) is 11.6. The average Bonchev–Trinajstić information content (AvgIpc) is 2.70. The van der Waals surface area contributed by atoms with E-state index >= 15 is 0 Å². The minimum Gasteiger partial charge on any atom is -0.399 e. The van der Waals surface area contributed by atoms with Crippen molar-refractivity contribution in [1.82, 2.24) is 9.78 Å². The van der Waals surface area contributed by atoms with Crippen molar-refractivity contribution in [2.75, 3.05) is 0 Å².